The fourth-order valence-electron chi connectivity index (χ4n) is 3.34. The molecule has 2 aliphatic heterocycles. The van der Waals surface area contributed by atoms with E-state index < -0.39 is 12.3 Å². The summed E-state index contributed by atoms with van der Waals surface area (Å²) in [5.74, 6) is 0.694. The number of aryl methyl sites for hydroxylation is 1. The van der Waals surface area contributed by atoms with Crippen molar-refractivity contribution in [3.8, 4) is 23.1 Å². The SMILES string of the molecule is COc1nc(C2=NC(c3ccc4c(c3)OC(F)(F)O4)CON2)ccc1-n1cnc(C)c1. The van der Waals surface area contributed by atoms with Crippen LogP contribution >= 0.6 is 0 Å². The number of benzene rings is 1. The molecule has 5 rings (SSSR count). The Kier molecular flexibility index (Phi) is 4.47. The van der Waals surface area contributed by atoms with E-state index in [0.717, 1.165) is 11.4 Å². The van der Waals surface area contributed by atoms with Crippen molar-refractivity contribution in [3.05, 3.63) is 59.8 Å². The number of nitrogens with one attached hydrogen (secondary N) is 1. The number of rotatable bonds is 4. The maximum atomic E-state index is 13.3. The summed E-state index contributed by atoms with van der Waals surface area (Å²) in [6, 6.07) is 7.68. The third kappa shape index (κ3) is 3.63. The molecule has 1 N–H and O–H groups in total. The van der Waals surface area contributed by atoms with Gasteiger partial charge < -0.3 is 18.8 Å². The Bertz CT molecular complexity index is 1180. The number of ether oxygens (including phenoxy) is 3. The number of amidine groups is 1. The maximum absolute atomic E-state index is 13.3. The van der Waals surface area contributed by atoms with Crippen molar-refractivity contribution in [2.45, 2.75) is 19.3 Å². The summed E-state index contributed by atoms with van der Waals surface area (Å²) < 4.78 is 42.8. The first-order valence-corrected chi connectivity index (χ1v) is 9.33. The highest BCUT2D eigenvalue weighted by Crippen LogP contribution is 2.42. The first-order valence-electron chi connectivity index (χ1n) is 9.33. The number of nitrogens with zero attached hydrogens (tertiary/aromatic N) is 4. The normalized spacial score (nSPS) is 19.0. The third-order valence-electron chi connectivity index (χ3n) is 4.77. The minimum Gasteiger partial charge on any atom is -0.479 e. The molecule has 0 saturated heterocycles. The molecule has 1 atom stereocenters. The molecule has 1 unspecified atom stereocenters. The van der Waals surface area contributed by atoms with Crippen molar-refractivity contribution in [1.29, 1.82) is 0 Å². The van der Waals surface area contributed by atoms with Crippen molar-refractivity contribution in [3.63, 3.8) is 0 Å². The smallest absolute Gasteiger partial charge is 0.479 e. The van der Waals surface area contributed by atoms with Gasteiger partial charge in [0.1, 0.15) is 24.0 Å². The third-order valence-corrected chi connectivity index (χ3v) is 4.77. The lowest BCUT2D eigenvalue weighted by atomic mass is 10.1. The molecule has 3 aromatic rings. The summed E-state index contributed by atoms with van der Waals surface area (Å²) in [7, 11) is 1.53. The van der Waals surface area contributed by atoms with E-state index >= 15 is 0 Å². The van der Waals surface area contributed by atoms with Crippen LogP contribution < -0.4 is 19.7 Å². The number of hydrogen-bond acceptors (Lipinski definition) is 8. The van der Waals surface area contributed by atoms with Crippen LogP contribution in [-0.4, -0.2) is 40.4 Å². The summed E-state index contributed by atoms with van der Waals surface area (Å²) in [6.45, 7) is 2.09. The van der Waals surface area contributed by atoms with Gasteiger partial charge in [-0.25, -0.2) is 15.4 Å². The quantitative estimate of drug-likeness (QED) is 0.682. The van der Waals surface area contributed by atoms with Crippen molar-refractivity contribution >= 4 is 5.84 Å². The van der Waals surface area contributed by atoms with Crippen LogP contribution in [0.2, 0.25) is 0 Å². The maximum Gasteiger partial charge on any atom is 0.586 e. The molecule has 0 aliphatic carbocycles. The first kappa shape index (κ1) is 19.2. The van der Waals surface area contributed by atoms with E-state index in [1.54, 1.807) is 18.5 Å². The van der Waals surface area contributed by atoms with E-state index in [1.165, 1.54) is 19.2 Å². The number of pyridine rings is 1. The molecule has 31 heavy (non-hydrogen) atoms. The lowest BCUT2D eigenvalue weighted by Gasteiger charge is -2.22. The van der Waals surface area contributed by atoms with E-state index in [4.69, 9.17) is 9.57 Å². The molecule has 4 heterocycles. The predicted molar refractivity (Wildman–Crippen MR) is 104 cm³/mol. The average Bonchev–Trinajstić information content (AvgIpc) is 3.33. The second-order valence-electron chi connectivity index (χ2n) is 6.93. The summed E-state index contributed by atoms with van der Waals surface area (Å²) in [4.78, 5) is 18.8. The standard InChI is InChI=1S/C20H17F2N5O4/c1-11-8-27(10-23-11)15-5-4-13(25-19(15)28-2)18-24-14(9-29-26-18)12-3-6-16-17(7-12)31-20(21,22)30-16/h3-8,10,14H,9H2,1-2H3,(H,24,26). The molecular weight excluding hydrogens is 412 g/mol. The number of aliphatic imine (C=N–C) groups is 1. The lowest BCUT2D eigenvalue weighted by molar-refractivity contribution is -0.286. The van der Waals surface area contributed by atoms with E-state index in [1.807, 2.05) is 23.8 Å². The molecule has 2 aromatic heterocycles. The molecule has 160 valence electrons. The zero-order chi connectivity index (χ0) is 21.6. The molecular formula is C20H17F2N5O4. The molecule has 9 nitrogen and oxygen atoms in total. The van der Waals surface area contributed by atoms with Crippen LogP contribution in [0.15, 0.2) is 47.8 Å². The fourth-order valence-corrected chi connectivity index (χ4v) is 3.34. The zero-order valence-electron chi connectivity index (χ0n) is 16.5. The predicted octanol–water partition coefficient (Wildman–Crippen LogP) is 2.93. The van der Waals surface area contributed by atoms with Crippen LogP contribution in [0.25, 0.3) is 5.69 Å². The molecule has 0 bridgehead atoms. The first-order chi connectivity index (χ1) is 14.9. The second kappa shape index (κ2) is 7.20. The van der Waals surface area contributed by atoms with E-state index in [-0.39, 0.29) is 18.1 Å². The number of hydrogen-bond donors (Lipinski definition) is 1. The fraction of sp³-hybridized carbons (Fsp3) is 0.250. The summed E-state index contributed by atoms with van der Waals surface area (Å²) in [6.07, 6.45) is -0.138. The van der Waals surface area contributed by atoms with Gasteiger partial charge in [0.2, 0.25) is 5.88 Å². The minimum absolute atomic E-state index is 0.0236. The van der Waals surface area contributed by atoms with Gasteiger partial charge in [-0.05, 0) is 36.8 Å². The summed E-state index contributed by atoms with van der Waals surface area (Å²) >= 11 is 0. The monoisotopic (exact) mass is 429 g/mol. The van der Waals surface area contributed by atoms with Gasteiger partial charge in [0.25, 0.3) is 0 Å². The van der Waals surface area contributed by atoms with Crippen LogP contribution in [0.4, 0.5) is 8.78 Å². The van der Waals surface area contributed by atoms with Crippen LogP contribution in [0, 0.1) is 6.92 Å². The molecule has 11 heteroatoms. The van der Waals surface area contributed by atoms with Crippen LogP contribution in [0.1, 0.15) is 23.0 Å². The van der Waals surface area contributed by atoms with E-state index in [0.29, 0.717) is 23.0 Å². The number of methoxy groups -OCH3 is 1. The summed E-state index contributed by atoms with van der Waals surface area (Å²) in [5, 5.41) is 0. The van der Waals surface area contributed by atoms with Crippen molar-refractivity contribution in [1.82, 2.24) is 20.0 Å². The molecule has 0 radical (unpaired) electrons. The Morgan fingerprint density at radius 3 is 2.81 bits per heavy atom. The Labute approximate surface area is 175 Å². The van der Waals surface area contributed by atoms with Gasteiger partial charge in [-0.3, -0.25) is 9.83 Å². The molecule has 0 saturated carbocycles. The van der Waals surface area contributed by atoms with Crippen molar-refractivity contribution < 1.29 is 27.8 Å². The Hall–Kier alpha value is -3.73. The van der Waals surface area contributed by atoms with Gasteiger partial charge in [-0.1, -0.05) is 6.07 Å². The van der Waals surface area contributed by atoms with E-state index in [9.17, 15) is 8.78 Å². The number of aromatic nitrogens is 3. The van der Waals surface area contributed by atoms with Gasteiger partial charge in [0.15, 0.2) is 17.3 Å². The van der Waals surface area contributed by atoms with Crippen LogP contribution in [0.3, 0.4) is 0 Å². The van der Waals surface area contributed by atoms with Crippen LogP contribution in [-0.2, 0) is 4.84 Å². The van der Waals surface area contributed by atoms with Gasteiger partial charge >= 0.3 is 6.29 Å². The lowest BCUT2D eigenvalue weighted by Crippen LogP contribution is -2.33. The number of alkyl halides is 2. The average molecular weight is 429 g/mol. The second-order valence-corrected chi connectivity index (χ2v) is 6.93. The number of hydroxylamine groups is 1. The number of imidazole rings is 1. The molecule has 2 aliphatic rings. The minimum atomic E-state index is -3.67. The molecule has 0 amide bonds. The molecule has 0 fully saturated rings. The van der Waals surface area contributed by atoms with Crippen molar-refractivity contribution in [2.24, 2.45) is 4.99 Å². The molecule has 1 aromatic carbocycles. The highest BCUT2D eigenvalue weighted by Gasteiger charge is 2.43. The summed E-state index contributed by atoms with van der Waals surface area (Å²) in [5.41, 5.74) is 5.47. The van der Waals surface area contributed by atoms with Crippen LogP contribution in [0.5, 0.6) is 17.4 Å². The highest BCUT2D eigenvalue weighted by atomic mass is 19.3. The van der Waals surface area contributed by atoms with Gasteiger partial charge in [0.05, 0.1) is 19.1 Å². The zero-order valence-corrected chi connectivity index (χ0v) is 16.5. The topological polar surface area (TPSA) is 92.0 Å². The largest absolute Gasteiger partial charge is 0.586 e. The number of halogens is 2. The van der Waals surface area contributed by atoms with Gasteiger partial charge in [-0.15, -0.1) is 8.78 Å². The van der Waals surface area contributed by atoms with Crippen molar-refractivity contribution in [2.75, 3.05) is 13.7 Å². The Morgan fingerprint density at radius 1 is 1.19 bits per heavy atom. The Balaban J connectivity index is 1.45. The van der Waals surface area contributed by atoms with Gasteiger partial charge in [0, 0.05) is 6.20 Å². The van der Waals surface area contributed by atoms with E-state index in [2.05, 4.69) is 29.9 Å². The number of fused-ring (bicyclic) bond motifs is 1. The highest BCUT2D eigenvalue weighted by molar-refractivity contribution is 5.97. The van der Waals surface area contributed by atoms with Gasteiger partial charge in [-0.2, -0.15) is 0 Å². The Morgan fingerprint density at radius 2 is 2.03 bits per heavy atom. The molecule has 0 spiro atoms.